The molecule has 1 aliphatic rings. The summed E-state index contributed by atoms with van der Waals surface area (Å²) in [6, 6.07) is 1.96. The average Bonchev–Trinajstić information content (AvgIpc) is 2.02. The zero-order chi connectivity index (χ0) is 8.39. The Morgan fingerprint density at radius 3 is 3.00 bits per heavy atom. The minimum Gasteiger partial charge on any atom is -0.494 e. The van der Waals surface area contributed by atoms with Crippen LogP contribution in [0.15, 0.2) is 12.3 Å². The Balaban J connectivity index is 2.19. The lowest BCUT2D eigenvalue weighted by Gasteiger charge is -2.32. The highest BCUT2D eigenvalue weighted by molar-refractivity contribution is 5.49. The van der Waals surface area contributed by atoms with Gasteiger partial charge in [-0.1, -0.05) is 0 Å². The minimum absolute atomic E-state index is 0.708. The molecule has 2 rings (SSSR count). The van der Waals surface area contributed by atoms with Gasteiger partial charge in [0.2, 0.25) is 0 Å². The van der Waals surface area contributed by atoms with E-state index in [1.54, 1.807) is 7.11 Å². The van der Waals surface area contributed by atoms with Gasteiger partial charge in [-0.25, -0.2) is 4.98 Å². The Kier molecular flexibility index (Phi) is 1.86. The molecule has 3 heteroatoms. The van der Waals surface area contributed by atoms with Crippen LogP contribution in [0.5, 0.6) is 5.75 Å². The predicted molar refractivity (Wildman–Crippen MR) is 46.5 cm³/mol. The van der Waals surface area contributed by atoms with Crippen molar-refractivity contribution in [3.8, 4) is 5.75 Å². The molecule has 0 N–H and O–H groups in total. The van der Waals surface area contributed by atoms with Gasteiger partial charge in [0.15, 0.2) is 0 Å². The molecule has 0 amide bonds. The Hall–Kier alpha value is -1.25. The Bertz CT molecular complexity index is 271. The largest absolute Gasteiger partial charge is 0.494 e. The first-order valence-corrected chi connectivity index (χ1v) is 4.07. The zero-order valence-electron chi connectivity index (χ0n) is 7.08. The summed E-state index contributed by atoms with van der Waals surface area (Å²) in [5.74, 6) is 0.708. The molecule has 0 atom stereocenters. The van der Waals surface area contributed by atoms with Crippen molar-refractivity contribution in [3.63, 3.8) is 0 Å². The first-order chi connectivity index (χ1) is 5.90. The second kappa shape index (κ2) is 3.01. The standard InChI is InChI=1S/C9H11N2O/c1-12-9-5-8(6-10-7-9)11-3-2-4-11/h5-6H,2-4H2,1H3. The first-order valence-electron chi connectivity index (χ1n) is 4.07. The molecule has 63 valence electrons. The summed E-state index contributed by atoms with van der Waals surface area (Å²) in [5, 5.41) is 0. The maximum atomic E-state index is 5.03. The maximum Gasteiger partial charge on any atom is 0.148 e. The van der Waals surface area contributed by atoms with Crippen LogP contribution < -0.4 is 9.64 Å². The monoisotopic (exact) mass is 163 g/mol. The highest BCUT2D eigenvalue weighted by atomic mass is 16.5. The summed E-state index contributed by atoms with van der Waals surface area (Å²) in [4.78, 5) is 6.23. The highest BCUT2D eigenvalue weighted by Gasteiger charge is 2.14. The fraction of sp³-hybridized carbons (Fsp3) is 0.444. The van der Waals surface area contributed by atoms with E-state index in [0.29, 0.717) is 5.75 Å². The van der Waals surface area contributed by atoms with Crippen molar-refractivity contribution in [2.24, 2.45) is 0 Å². The number of hydrogen-bond acceptors (Lipinski definition) is 3. The van der Waals surface area contributed by atoms with E-state index in [1.807, 2.05) is 12.3 Å². The summed E-state index contributed by atoms with van der Waals surface area (Å²) in [7, 11) is 1.63. The molecular weight excluding hydrogens is 152 g/mol. The van der Waals surface area contributed by atoms with Crippen LogP contribution in [0.1, 0.15) is 6.42 Å². The van der Waals surface area contributed by atoms with Crippen LogP contribution in [-0.2, 0) is 0 Å². The van der Waals surface area contributed by atoms with Crippen LogP contribution in [0.4, 0.5) is 5.69 Å². The van der Waals surface area contributed by atoms with Crippen LogP contribution in [0, 0.1) is 6.20 Å². The molecule has 0 bridgehead atoms. The topological polar surface area (TPSA) is 25.4 Å². The summed E-state index contributed by atoms with van der Waals surface area (Å²) in [5.41, 5.74) is 1.14. The number of anilines is 1. The van der Waals surface area contributed by atoms with Crippen molar-refractivity contribution in [2.75, 3.05) is 25.1 Å². The van der Waals surface area contributed by atoms with Crippen molar-refractivity contribution in [2.45, 2.75) is 6.42 Å². The van der Waals surface area contributed by atoms with Crippen LogP contribution >= 0.6 is 0 Å². The quantitative estimate of drug-likeness (QED) is 0.652. The van der Waals surface area contributed by atoms with E-state index < -0.39 is 0 Å². The lowest BCUT2D eigenvalue weighted by atomic mass is 10.2. The zero-order valence-corrected chi connectivity index (χ0v) is 7.08. The lowest BCUT2D eigenvalue weighted by molar-refractivity contribution is 0.411. The SMILES string of the molecule is COc1[c]ncc(N2CCC2)c1. The molecule has 2 heterocycles. The molecule has 0 spiro atoms. The van der Waals surface area contributed by atoms with Gasteiger partial charge >= 0.3 is 0 Å². The number of aromatic nitrogens is 1. The molecule has 0 aliphatic carbocycles. The minimum atomic E-state index is 0.708. The number of rotatable bonds is 2. The fourth-order valence-corrected chi connectivity index (χ4v) is 1.22. The van der Waals surface area contributed by atoms with Crippen LogP contribution in [-0.4, -0.2) is 25.2 Å². The second-order valence-corrected chi connectivity index (χ2v) is 2.85. The molecular formula is C9H11N2O. The molecule has 3 nitrogen and oxygen atoms in total. The van der Waals surface area contributed by atoms with Gasteiger partial charge in [0.05, 0.1) is 19.0 Å². The molecule has 1 aromatic rings. The third-order valence-electron chi connectivity index (χ3n) is 2.09. The summed E-state index contributed by atoms with van der Waals surface area (Å²) >= 11 is 0. The van der Waals surface area contributed by atoms with E-state index in [1.165, 1.54) is 6.42 Å². The van der Waals surface area contributed by atoms with Crippen LogP contribution in [0.25, 0.3) is 0 Å². The number of pyridine rings is 1. The summed E-state index contributed by atoms with van der Waals surface area (Å²) in [6.07, 6.45) is 5.86. The molecule has 0 aromatic carbocycles. The van der Waals surface area contributed by atoms with Gasteiger partial charge in [-0.2, -0.15) is 0 Å². The van der Waals surface area contributed by atoms with Gasteiger partial charge in [0.25, 0.3) is 0 Å². The third kappa shape index (κ3) is 1.22. The van der Waals surface area contributed by atoms with E-state index in [-0.39, 0.29) is 0 Å². The van der Waals surface area contributed by atoms with Gasteiger partial charge in [0, 0.05) is 19.2 Å². The predicted octanol–water partition coefficient (Wildman–Crippen LogP) is 1.10. The van der Waals surface area contributed by atoms with Crippen molar-refractivity contribution >= 4 is 5.69 Å². The summed E-state index contributed by atoms with van der Waals surface area (Å²) < 4.78 is 5.03. The molecule has 0 unspecified atom stereocenters. The van der Waals surface area contributed by atoms with Gasteiger partial charge in [0.1, 0.15) is 11.9 Å². The number of nitrogens with zero attached hydrogens (tertiary/aromatic N) is 2. The van der Waals surface area contributed by atoms with Crippen molar-refractivity contribution in [3.05, 3.63) is 18.5 Å². The van der Waals surface area contributed by atoms with E-state index in [0.717, 1.165) is 18.8 Å². The van der Waals surface area contributed by atoms with E-state index in [2.05, 4.69) is 16.1 Å². The number of ether oxygens (including phenoxy) is 1. The molecule has 1 aromatic heterocycles. The van der Waals surface area contributed by atoms with Gasteiger partial charge in [-0.15, -0.1) is 0 Å². The highest BCUT2D eigenvalue weighted by Crippen LogP contribution is 2.22. The molecule has 12 heavy (non-hydrogen) atoms. The van der Waals surface area contributed by atoms with Crippen LogP contribution in [0.2, 0.25) is 0 Å². The van der Waals surface area contributed by atoms with Gasteiger partial charge < -0.3 is 9.64 Å². The number of methoxy groups -OCH3 is 1. The normalized spacial score (nSPS) is 15.6. The average molecular weight is 163 g/mol. The summed E-state index contributed by atoms with van der Waals surface area (Å²) in [6.45, 7) is 2.27. The van der Waals surface area contributed by atoms with Crippen molar-refractivity contribution < 1.29 is 4.74 Å². The van der Waals surface area contributed by atoms with E-state index in [4.69, 9.17) is 4.74 Å². The molecule has 1 fully saturated rings. The van der Waals surface area contributed by atoms with Gasteiger partial charge in [-0.3, -0.25) is 0 Å². The third-order valence-corrected chi connectivity index (χ3v) is 2.09. The Morgan fingerprint density at radius 1 is 1.58 bits per heavy atom. The molecule has 0 saturated carbocycles. The Morgan fingerprint density at radius 2 is 2.42 bits per heavy atom. The second-order valence-electron chi connectivity index (χ2n) is 2.85. The Labute approximate surface area is 72.0 Å². The van der Waals surface area contributed by atoms with Crippen molar-refractivity contribution in [1.82, 2.24) is 4.98 Å². The van der Waals surface area contributed by atoms with Gasteiger partial charge in [-0.05, 0) is 6.42 Å². The molecule has 1 aliphatic heterocycles. The molecule has 1 radical (unpaired) electrons. The maximum absolute atomic E-state index is 5.03. The first kappa shape index (κ1) is 7.40. The number of hydrogen-bond donors (Lipinski definition) is 0. The van der Waals surface area contributed by atoms with E-state index in [9.17, 15) is 0 Å². The van der Waals surface area contributed by atoms with Crippen molar-refractivity contribution in [1.29, 1.82) is 0 Å². The molecule has 1 saturated heterocycles. The smallest absolute Gasteiger partial charge is 0.148 e. The van der Waals surface area contributed by atoms with E-state index >= 15 is 0 Å². The van der Waals surface area contributed by atoms with Crippen LogP contribution in [0.3, 0.4) is 0 Å². The lowest BCUT2D eigenvalue weighted by Crippen LogP contribution is -2.36. The fourth-order valence-electron chi connectivity index (χ4n) is 1.22.